The van der Waals surface area contributed by atoms with Gasteiger partial charge < -0.3 is 4.74 Å². The van der Waals surface area contributed by atoms with E-state index < -0.39 is 0 Å². The van der Waals surface area contributed by atoms with Gasteiger partial charge in [-0.3, -0.25) is 9.78 Å². The van der Waals surface area contributed by atoms with Crippen molar-refractivity contribution < 1.29 is 9.53 Å². The maximum Gasteiger partial charge on any atom is 0.151 e. The number of rotatable bonds is 3. The van der Waals surface area contributed by atoms with Crippen LogP contribution in [0.4, 0.5) is 0 Å². The zero-order chi connectivity index (χ0) is 8.39. The van der Waals surface area contributed by atoms with E-state index in [1.165, 1.54) is 6.20 Å². The summed E-state index contributed by atoms with van der Waals surface area (Å²) in [6.45, 7) is 0. The molecule has 1 aliphatic carbocycles. The van der Waals surface area contributed by atoms with Crippen molar-refractivity contribution in [1.29, 1.82) is 0 Å². The molecule has 1 saturated carbocycles. The van der Waals surface area contributed by atoms with Gasteiger partial charge in [-0.2, -0.15) is 0 Å². The van der Waals surface area contributed by atoms with E-state index in [-0.39, 0.29) is 0 Å². The molecule has 1 heterocycles. The lowest BCUT2D eigenvalue weighted by Crippen LogP contribution is -1.96. The van der Waals surface area contributed by atoms with Crippen LogP contribution in [0.15, 0.2) is 18.5 Å². The van der Waals surface area contributed by atoms with Crippen molar-refractivity contribution in [3.63, 3.8) is 0 Å². The minimum Gasteiger partial charge on any atom is -0.489 e. The summed E-state index contributed by atoms with van der Waals surface area (Å²) < 4.78 is 5.45. The van der Waals surface area contributed by atoms with E-state index >= 15 is 0 Å². The number of nitrogens with zero attached hydrogens (tertiary/aromatic N) is 1. The maximum atomic E-state index is 10.4. The Morgan fingerprint density at radius 2 is 2.33 bits per heavy atom. The summed E-state index contributed by atoms with van der Waals surface area (Å²) >= 11 is 0. The van der Waals surface area contributed by atoms with Crippen LogP contribution in [0.3, 0.4) is 0 Å². The van der Waals surface area contributed by atoms with Crippen LogP contribution in [-0.2, 0) is 0 Å². The van der Waals surface area contributed by atoms with Gasteiger partial charge in [0.15, 0.2) is 6.29 Å². The summed E-state index contributed by atoms with van der Waals surface area (Å²) in [4.78, 5) is 14.2. The largest absolute Gasteiger partial charge is 0.489 e. The predicted molar refractivity (Wildman–Crippen MR) is 43.3 cm³/mol. The first-order valence-electron chi connectivity index (χ1n) is 3.95. The molecule has 0 N–H and O–H groups in total. The van der Waals surface area contributed by atoms with E-state index in [0.717, 1.165) is 19.1 Å². The normalized spacial score (nSPS) is 15.7. The number of aromatic nitrogens is 1. The Kier molecular flexibility index (Phi) is 1.78. The average Bonchev–Trinajstić information content (AvgIpc) is 2.89. The summed E-state index contributed by atoms with van der Waals surface area (Å²) in [6, 6.07) is 1.71. The molecule has 0 unspecified atom stereocenters. The number of pyridine rings is 1. The number of ether oxygens (including phenoxy) is 1. The zero-order valence-electron chi connectivity index (χ0n) is 6.56. The molecular weight excluding hydrogens is 154 g/mol. The highest BCUT2D eigenvalue weighted by Gasteiger charge is 2.23. The van der Waals surface area contributed by atoms with E-state index in [4.69, 9.17) is 4.74 Å². The van der Waals surface area contributed by atoms with Crippen LogP contribution in [0.2, 0.25) is 0 Å². The second-order valence-electron chi connectivity index (χ2n) is 2.89. The second-order valence-corrected chi connectivity index (χ2v) is 2.89. The van der Waals surface area contributed by atoms with Gasteiger partial charge in [0.25, 0.3) is 0 Å². The molecule has 0 saturated heterocycles. The highest BCUT2D eigenvalue weighted by atomic mass is 16.5. The van der Waals surface area contributed by atoms with Crippen molar-refractivity contribution in [3.05, 3.63) is 24.0 Å². The number of carbonyl (C=O) groups is 1. The quantitative estimate of drug-likeness (QED) is 0.633. The molecule has 1 aromatic rings. The van der Waals surface area contributed by atoms with Crippen molar-refractivity contribution >= 4 is 6.29 Å². The van der Waals surface area contributed by atoms with E-state index in [1.807, 2.05) is 0 Å². The minimum atomic E-state index is 0.355. The van der Waals surface area contributed by atoms with Crippen molar-refractivity contribution in [2.75, 3.05) is 0 Å². The van der Waals surface area contributed by atoms with Crippen molar-refractivity contribution in [2.24, 2.45) is 0 Å². The van der Waals surface area contributed by atoms with Crippen molar-refractivity contribution in [3.8, 4) is 5.75 Å². The lowest BCUT2D eigenvalue weighted by Gasteiger charge is -2.02. The topological polar surface area (TPSA) is 39.2 Å². The van der Waals surface area contributed by atoms with E-state index in [1.54, 1.807) is 12.3 Å². The van der Waals surface area contributed by atoms with E-state index in [9.17, 15) is 4.79 Å². The third-order valence-corrected chi connectivity index (χ3v) is 1.70. The first-order valence-corrected chi connectivity index (χ1v) is 3.95. The van der Waals surface area contributed by atoms with Crippen molar-refractivity contribution in [2.45, 2.75) is 18.9 Å². The molecule has 0 atom stereocenters. The van der Waals surface area contributed by atoms with Gasteiger partial charge in [0.2, 0.25) is 0 Å². The number of carbonyl (C=O) groups excluding carboxylic acids is 1. The zero-order valence-corrected chi connectivity index (χ0v) is 6.56. The fraction of sp³-hybridized carbons (Fsp3) is 0.333. The molecule has 2 rings (SSSR count). The Labute approximate surface area is 70.4 Å². The molecule has 3 nitrogen and oxygen atoms in total. The van der Waals surface area contributed by atoms with Crippen LogP contribution in [0.25, 0.3) is 0 Å². The molecule has 3 heteroatoms. The molecule has 0 bridgehead atoms. The molecule has 0 radical (unpaired) electrons. The van der Waals surface area contributed by atoms with Crippen LogP contribution in [0, 0.1) is 0 Å². The Hall–Kier alpha value is -1.38. The summed E-state index contributed by atoms with van der Waals surface area (Å²) in [7, 11) is 0. The first kappa shape index (κ1) is 7.28. The molecule has 1 fully saturated rings. The monoisotopic (exact) mass is 163 g/mol. The molecule has 12 heavy (non-hydrogen) atoms. The highest BCUT2D eigenvalue weighted by molar-refractivity contribution is 5.74. The third kappa shape index (κ3) is 1.61. The molecule has 1 aliphatic rings. The van der Waals surface area contributed by atoms with Crippen LogP contribution in [0.5, 0.6) is 5.75 Å². The lowest BCUT2D eigenvalue weighted by atomic mass is 10.3. The van der Waals surface area contributed by atoms with Gasteiger partial charge in [-0.05, 0) is 18.9 Å². The van der Waals surface area contributed by atoms with Gasteiger partial charge in [-0.15, -0.1) is 0 Å². The van der Waals surface area contributed by atoms with Crippen molar-refractivity contribution in [1.82, 2.24) is 4.98 Å². The number of aldehydes is 1. The fourth-order valence-electron chi connectivity index (χ4n) is 0.943. The lowest BCUT2D eigenvalue weighted by molar-refractivity contribution is 0.112. The molecule has 0 spiro atoms. The standard InChI is InChI=1S/C9H9NO2/c11-6-7-3-9(5-10-4-7)12-8-1-2-8/h3-6,8H,1-2H2. The third-order valence-electron chi connectivity index (χ3n) is 1.70. The summed E-state index contributed by atoms with van der Waals surface area (Å²) in [5.74, 6) is 0.696. The van der Waals surface area contributed by atoms with Gasteiger partial charge in [-0.25, -0.2) is 0 Å². The Morgan fingerprint density at radius 1 is 1.50 bits per heavy atom. The Balaban J connectivity index is 2.13. The van der Waals surface area contributed by atoms with Gasteiger partial charge >= 0.3 is 0 Å². The molecule has 62 valence electrons. The molecule has 0 amide bonds. The van der Waals surface area contributed by atoms with Gasteiger partial charge in [0, 0.05) is 11.8 Å². The maximum absolute atomic E-state index is 10.4. The van der Waals surface area contributed by atoms with Gasteiger partial charge in [-0.1, -0.05) is 0 Å². The highest BCUT2D eigenvalue weighted by Crippen LogP contribution is 2.26. The molecule has 0 aromatic carbocycles. The smallest absolute Gasteiger partial charge is 0.151 e. The van der Waals surface area contributed by atoms with Crippen LogP contribution in [-0.4, -0.2) is 17.4 Å². The molecular formula is C9H9NO2. The average molecular weight is 163 g/mol. The van der Waals surface area contributed by atoms with Gasteiger partial charge in [0.05, 0.1) is 12.3 Å². The summed E-state index contributed by atoms with van der Waals surface area (Å²) in [6.07, 6.45) is 6.51. The Bertz CT molecular complexity index is 294. The summed E-state index contributed by atoms with van der Waals surface area (Å²) in [5, 5.41) is 0. The van der Waals surface area contributed by atoms with Crippen LogP contribution in [0.1, 0.15) is 23.2 Å². The Morgan fingerprint density at radius 3 is 3.00 bits per heavy atom. The first-order chi connectivity index (χ1) is 5.88. The molecule has 0 aliphatic heterocycles. The van der Waals surface area contributed by atoms with Crippen LogP contribution < -0.4 is 4.74 Å². The minimum absolute atomic E-state index is 0.355. The predicted octanol–water partition coefficient (Wildman–Crippen LogP) is 1.44. The number of hydrogen-bond acceptors (Lipinski definition) is 3. The molecule has 1 aromatic heterocycles. The fourth-order valence-corrected chi connectivity index (χ4v) is 0.943. The summed E-state index contributed by atoms with van der Waals surface area (Å²) in [5.41, 5.74) is 0.563. The van der Waals surface area contributed by atoms with Gasteiger partial charge in [0.1, 0.15) is 5.75 Å². The van der Waals surface area contributed by atoms with Crippen LogP contribution >= 0.6 is 0 Å². The van der Waals surface area contributed by atoms with E-state index in [0.29, 0.717) is 17.4 Å². The van der Waals surface area contributed by atoms with E-state index in [2.05, 4.69) is 4.98 Å². The SMILES string of the molecule is O=Cc1cncc(OC2CC2)c1. The number of hydrogen-bond donors (Lipinski definition) is 0. The second kappa shape index (κ2) is 2.93.